The number of anilines is 1. The average molecular weight is 238 g/mol. The van der Waals surface area contributed by atoms with Gasteiger partial charge in [-0.25, -0.2) is 9.97 Å². The number of unbranched alkanes of at least 4 members (excludes halogenated alkanes) is 2. The van der Waals surface area contributed by atoms with Gasteiger partial charge in [-0.2, -0.15) is 0 Å². The lowest BCUT2D eigenvalue weighted by Gasteiger charge is -2.16. The molecular weight excluding hydrogens is 216 g/mol. The molecule has 2 N–H and O–H groups in total. The molecule has 0 aliphatic heterocycles. The number of aliphatic hydroxyl groups excluding tert-OH is 1. The van der Waals surface area contributed by atoms with Crippen molar-refractivity contribution < 1.29 is 5.11 Å². The predicted octanol–water partition coefficient (Wildman–Crippen LogP) is 0.795. The third-order valence-corrected chi connectivity index (χ3v) is 2.57. The first-order chi connectivity index (χ1) is 8.27. The van der Waals surface area contributed by atoms with Crippen LogP contribution in [0, 0.1) is 0 Å². The molecule has 1 heterocycles. The fourth-order valence-electron chi connectivity index (χ4n) is 1.58. The van der Waals surface area contributed by atoms with E-state index in [0.717, 1.165) is 43.9 Å². The van der Waals surface area contributed by atoms with Crippen molar-refractivity contribution in [2.45, 2.75) is 25.8 Å². The molecule has 0 aromatic carbocycles. The van der Waals surface area contributed by atoms with E-state index >= 15 is 0 Å². The quantitative estimate of drug-likeness (QED) is 0.656. The van der Waals surface area contributed by atoms with E-state index in [4.69, 9.17) is 5.11 Å². The molecule has 0 fully saturated rings. The van der Waals surface area contributed by atoms with Crippen LogP contribution in [0.3, 0.4) is 0 Å². The molecule has 0 spiro atoms. The molecule has 0 saturated heterocycles. The van der Waals surface area contributed by atoms with Crippen LogP contribution in [0.1, 0.15) is 24.8 Å². The summed E-state index contributed by atoms with van der Waals surface area (Å²) in [4.78, 5) is 10.7. The van der Waals surface area contributed by atoms with Gasteiger partial charge in [-0.1, -0.05) is 0 Å². The van der Waals surface area contributed by atoms with E-state index in [0.29, 0.717) is 0 Å². The number of nitrogens with one attached hydrogen (secondary N) is 1. The standard InChI is InChI=1S/C12H22N4O/c1-13-8-11-9-14-12(15-10-11)16(2)6-4-3-5-7-17/h9-10,13,17H,3-8H2,1-2H3. The number of nitrogens with zero attached hydrogens (tertiary/aromatic N) is 3. The highest BCUT2D eigenvalue weighted by Crippen LogP contribution is 2.06. The van der Waals surface area contributed by atoms with Crippen molar-refractivity contribution in [2.24, 2.45) is 0 Å². The van der Waals surface area contributed by atoms with E-state index < -0.39 is 0 Å². The van der Waals surface area contributed by atoms with Gasteiger partial charge in [-0.15, -0.1) is 0 Å². The van der Waals surface area contributed by atoms with Crippen LogP contribution in [0.4, 0.5) is 5.95 Å². The van der Waals surface area contributed by atoms with Gasteiger partial charge < -0.3 is 15.3 Å². The first-order valence-electron chi connectivity index (χ1n) is 6.05. The summed E-state index contributed by atoms with van der Waals surface area (Å²) in [6.45, 7) is 1.99. The zero-order valence-electron chi connectivity index (χ0n) is 10.7. The van der Waals surface area contributed by atoms with Gasteiger partial charge in [0.25, 0.3) is 0 Å². The Kier molecular flexibility index (Phi) is 6.50. The lowest BCUT2D eigenvalue weighted by Crippen LogP contribution is -2.21. The summed E-state index contributed by atoms with van der Waals surface area (Å²) in [5.74, 6) is 0.758. The fraction of sp³-hybridized carbons (Fsp3) is 0.667. The van der Waals surface area contributed by atoms with Crippen LogP contribution in [0.15, 0.2) is 12.4 Å². The van der Waals surface area contributed by atoms with Gasteiger partial charge in [-0.05, 0) is 26.3 Å². The van der Waals surface area contributed by atoms with E-state index in [1.54, 1.807) is 0 Å². The Bertz CT molecular complexity index is 302. The zero-order valence-corrected chi connectivity index (χ0v) is 10.7. The lowest BCUT2D eigenvalue weighted by atomic mass is 10.2. The van der Waals surface area contributed by atoms with Crippen molar-refractivity contribution >= 4 is 5.95 Å². The smallest absolute Gasteiger partial charge is 0.224 e. The van der Waals surface area contributed by atoms with E-state index in [-0.39, 0.29) is 6.61 Å². The number of aliphatic hydroxyl groups is 1. The topological polar surface area (TPSA) is 61.3 Å². The second-order valence-corrected chi connectivity index (χ2v) is 4.13. The van der Waals surface area contributed by atoms with Gasteiger partial charge in [0.2, 0.25) is 5.95 Å². The summed E-state index contributed by atoms with van der Waals surface area (Å²) in [6.07, 6.45) is 6.67. The van der Waals surface area contributed by atoms with Crippen molar-refractivity contribution in [1.29, 1.82) is 0 Å². The van der Waals surface area contributed by atoms with Crippen LogP contribution < -0.4 is 10.2 Å². The Morgan fingerprint density at radius 1 is 1.24 bits per heavy atom. The second kappa shape index (κ2) is 7.97. The van der Waals surface area contributed by atoms with Crippen molar-refractivity contribution in [2.75, 3.05) is 32.1 Å². The highest BCUT2D eigenvalue weighted by atomic mass is 16.2. The summed E-state index contributed by atoms with van der Waals surface area (Å²) in [7, 11) is 3.90. The monoisotopic (exact) mass is 238 g/mol. The Morgan fingerprint density at radius 2 is 1.94 bits per heavy atom. The van der Waals surface area contributed by atoms with E-state index in [2.05, 4.69) is 15.3 Å². The van der Waals surface area contributed by atoms with E-state index in [1.165, 1.54) is 0 Å². The maximum atomic E-state index is 8.69. The first kappa shape index (κ1) is 13.9. The van der Waals surface area contributed by atoms with Gasteiger partial charge in [0.15, 0.2) is 0 Å². The zero-order chi connectivity index (χ0) is 12.5. The minimum absolute atomic E-state index is 0.277. The largest absolute Gasteiger partial charge is 0.396 e. The highest BCUT2D eigenvalue weighted by Gasteiger charge is 2.03. The minimum Gasteiger partial charge on any atom is -0.396 e. The van der Waals surface area contributed by atoms with Crippen LogP contribution in [0.5, 0.6) is 0 Å². The van der Waals surface area contributed by atoms with Crippen LogP contribution in [-0.2, 0) is 6.54 Å². The van der Waals surface area contributed by atoms with Crippen molar-refractivity contribution in [3.8, 4) is 0 Å². The highest BCUT2D eigenvalue weighted by molar-refractivity contribution is 5.28. The molecular formula is C12H22N4O. The molecule has 5 heteroatoms. The van der Waals surface area contributed by atoms with Crippen LogP contribution in [0.2, 0.25) is 0 Å². The molecule has 0 bridgehead atoms. The Labute approximate surface area is 103 Å². The molecule has 0 atom stereocenters. The molecule has 0 aliphatic rings. The third-order valence-electron chi connectivity index (χ3n) is 2.57. The van der Waals surface area contributed by atoms with Crippen molar-refractivity contribution in [1.82, 2.24) is 15.3 Å². The van der Waals surface area contributed by atoms with Crippen molar-refractivity contribution in [3.63, 3.8) is 0 Å². The molecule has 17 heavy (non-hydrogen) atoms. The summed E-state index contributed by atoms with van der Waals surface area (Å²) in [5.41, 5.74) is 1.09. The predicted molar refractivity (Wildman–Crippen MR) is 69.0 cm³/mol. The van der Waals surface area contributed by atoms with Crippen LogP contribution in [0.25, 0.3) is 0 Å². The van der Waals surface area contributed by atoms with Gasteiger partial charge in [0, 0.05) is 44.7 Å². The molecule has 0 saturated carbocycles. The van der Waals surface area contributed by atoms with E-state index in [1.807, 2.05) is 31.4 Å². The minimum atomic E-state index is 0.277. The maximum Gasteiger partial charge on any atom is 0.224 e. The van der Waals surface area contributed by atoms with Gasteiger partial charge in [0.1, 0.15) is 0 Å². The Balaban J connectivity index is 2.37. The van der Waals surface area contributed by atoms with Gasteiger partial charge in [-0.3, -0.25) is 0 Å². The lowest BCUT2D eigenvalue weighted by molar-refractivity contribution is 0.283. The number of hydrogen-bond donors (Lipinski definition) is 2. The third kappa shape index (κ3) is 5.10. The molecule has 1 rings (SSSR count). The van der Waals surface area contributed by atoms with Gasteiger partial charge >= 0.3 is 0 Å². The molecule has 96 valence electrons. The van der Waals surface area contributed by atoms with Crippen molar-refractivity contribution in [3.05, 3.63) is 18.0 Å². The summed E-state index contributed by atoms with van der Waals surface area (Å²) in [6, 6.07) is 0. The molecule has 1 aromatic heterocycles. The molecule has 0 unspecified atom stereocenters. The Morgan fingerprint density at radius 3 is 2.53 bits per heavy atom. The molecule has 0 amide bonds. The SMILES string of the molecule is CNCc1cnc(N(C)CCCCCO)nc1. The molecule has 5 nitrogen and oxygen atoms in total. The number of aromatic nitrogens is 2. The molecule has 1 aromatic rings. The Hall–Kier alpha value is -1.20. The summed E-state index contributed by atoms with van der Waals surface area (Å²) < 4.78 is 0. The molecule has 0 radical (unpaired) electrons. The second-order valence-electron chi connectivity index (χ2n) is 4.13. The first-order valence-corrected chi connectivity index (χ1v) is 6.05. The summed E-state index contributed by atoms with van der Waals surface area (Å²) in [5, 5.41) is 11.7. The number of hydrogen-bond acceptors (Lipinski definition) is 5. The van der Waals surface area contributed by atoms with E-state index in [9.17, 15) is 0 Å². The fourth-order valence-corrected chi connectivity index (χ4v) is 1.58. The normalized spacial score (nSPS) is 10.5. The van der Waals surface area contributed by atoms with Gasteiger partial charge in [0.05, 0.1) is 0 Å². The van der Waals surface area contributed by atoms with Crippen LogP contribution in [-0.4, -0.2) is 42.3 Å². The molecule has 0 aliphatic carbocycles. The average Bonchev–Trinajstić information content (AvgIpc) is 2.36. The summed E-state index contributed by atoms with van der Waals surface area (Å²) >= 11 is 0. The number of rotatable bonds is 8. The van der Waals surface area contributed by atoms with Crippen LogP contribution >= 0.6 is 0 Å². The maximum absolute atomic E-state index is 8.69.